The van der Waals surface area contributed by atoms with Crippen LogP contribution in [0.1, 0.15) is 53.7 Å². The second-order valence-electron chi connectivity index (χ2n) is 8.29. The molecule has 1 radical (unpaired) electrons. The standard InChI is InChI=1S/C26H29ClN3O3/c1-6-21(28-26(32)20-11-12-24(22(27)14-20)33-16(2)3)13-18-7-9-19(10-8-18)23-15-30(5)25(29-23)17(4)31/h7-12,14-16,21H,1,6,13H2,2-5H3,(H,28,32)/t21-/m0/s1. The predicted octanol–water partition coefficient (Wildman–Crippen LogP) is 5.30. The highest BCUT2D eigenvalue weighted by Crippen LogP contribution is 2.26. The number of hydrogen-bond donors (Lipinski definition) is 1. The third kappa shape index (κ3) is 6.23. The van der Waals surface area contributed by atoms with E-state index in [1.165, 1.54) is 6.92 Å². The number of benzene rings is 2. The minimum Gasteiger partial charge on any atom is -0.489 e. The van der Waals surface area contributed by atoms with Crippen molar-refractivity contribution in [1.82, 2.24) is 14.9 Å². The Morgan fingerprint density at radius 2 is 1.88 bits per heavy atom. The van der Waals surface area contributed by atoms with E-state index in [1.54, 1.807) is 29.8 Å². The molecule has 6 nitrogen and oxygen atoms in total. The molecule has 0 fully saturated rings. The summed E-state index contributed by atoms with van der Waals surface area (Å²) >= 11 is 6.27. The topological polar surface area (TPSA) is 73.2 Å². The number of aryl methyl sites for hydroxylation is 1. The average molecular weight is 467 g/mol. The molecule has 1 aromatic heterocycles. The molecule has 1 atom stereocenters. The molecule has 3 rings (SSSR count). The number of nitrogens with zero attached hydrogens (tertiary/aromatic N) is 2. The second-order valence-corrected chi connectivity index (χ2v) is 8.70. The number of carbonyl (C=O) groups excluding carboxylic acids is 2. The van der Waals surface area contributed by atoms with Gasteiger partial charge in [0.2, 0.25) is 0 Å². The van der Waals surface area contributed by atoms with Crippen molar-refractivity contribution in [2.75, 3.05) is 0 Å². The number of halogens is 1. The molecule has 0 aliphatic heterocycles. The molecule has 0 saturated carbocycles. The van der Waals surface area contributed by atoms with Gasteiger partial charge in [0.05, 0.1) is 16.8 Å². The van der Waals surface area contributed by atoms with Gasteiger partial charge >= 0.3 is 0 Å². The fourth-order valence-electron chi connectivity index (χ4n) is 3.51. The summed E-state index contributed by atoms with van der Waals surface area (Å²) in [5.74, 6) is 0.708. The average Bonchev–Trinajstić information content (AvgIpc) is 3.16. The zero-order chi connectivity index (χ0) is 24.1. The van der Waals surface area contributed by atoms with Crippen molar-refractivity contribution in [3.8, 4) is 17.0 Å². The quantitative estimate of drug-likeness (QED) is 0.434. The zero-order valence-corrected chi connectivity index (χ0v) is 20.1. The fraction of sp³-hybridized carbons (Fsp3) is 0.308. The zero-order valence-electron chi connectivity index (χ0n) is 19.4. The molecular formula is C26H29ClN3O3. The molecule has 0 saturated heterocycles. The largest absolute Gasteiger partial charge is 0.489 e. The SMILES string of the molecule is [CH2]C[C@@H](Cc1ccc(-c2cn(C)c(C(C)=O)n2)cc1)NC(=O)c1ccc(OC(C)C)c(Cl)c1. The van der Waals surface area contributed by atoms with Crippen molar-refractivity contribution in [3.05, 3.63) is 77.6 Å². The number of ether oxygens (including phenoxy) is 1. The molecule has 33 heavy (non-hydrogen) atoms. The van der Waals surface area contributed by atoms with Crippen LogP contribution in [0.2, 0.25) is 5.02 Å². The van der Waals surface area contributed by atoms with Crippen LogP contribution in [0.15, 0.2) is 48.7 Å². The Morgan fingerprint density at radius 3 is 2.42 bits per heavy atom. The smallest absolute Gasteiger partial charge is 0.251 e. The molecule has 1 N–H and O–H groups in total. The van der Waals surface area contributed by atoms with Gasteiger partial charge in [0.1, 0.15) is 5.75 Å². The number of rotatable bonds is 9. The van der Waals surface area contributed by atoms with E-state index in [-0.39, 0.29) is 23.8 Å². The molecule has 7 heteroatoms. The van der Waals surface area contributed by atoms with Crippen molar-refractivity contribution >= 4 is 23.3 Å². The first-order valence-corrected chi connectivity index (χ1v) is 11.3. The van der Waals surface area contributed by atoms with Crippen LogP contribution in [0, 0.1) is 6.92 Å². The van der Waals surface area contributed by atoms with E-state index < -0.39 is 0 Å². The number of Topliss-reactive ketones (excluding diaryl/α,β-unsaturated/α-hetero) is 1. The maximum absolute atomic E-state index is 12.7. The monoisotopic (exact) mass is 466 g/mol. The summed E-state index contributed by atoms with van der Waals surface area (Å²) in [6.45, 7) is 9.32. The second kappa shape index (κ2) is 10.7. The van der Waals surface area contributed by atoms with Gasteiger partial charge in [-0.25, -0.2) is 4.98 Å². The molecule has 2 aromatic carbocycles. The summed E-state index contributed by atoms with van der Waals surface area (Å²) in [5, 5.41) is 3.44. The maximum Gasteiger partial charge on any atom is 0.251 e. The Kier molecular flexibility index (Phi) is 7.92. The van der Waals surface area contributed by atoms with Crippen molar-refractivity contribution in [1.29, 1.82) is 0 Å². The highest BCUT2D eigenvalue weighted by Gasteiger charge is 2.16. The summed E-state index contributed by atoms with van der Waals surface area (Å²) in [6, 6.07) is 12.8. The lowest BCUT2D eigenvalue weighted by Gasteiger charge is -2.18. The van der Waals surface area contributed by atoms with Gasteiger partial charge in [0.25, 0.3) is 5.91 Å². The van der Waals surface area contributed by atoms with Crippen LogP contribution in [0.25, 0.3) is 11.3 Å². The summed E-state index contributed by atoms with van der Waals surface area (Å²) < 4.78 is 7.36. The first-order chi connectivity index (χ1) is 15.7. The van der Waals surface area contributed by atoms with Gasteiger partial charge in [-0.15, -0.1) is 0 Å². The van der Waals surface area contributed by atoms with Gasteiger partial charge < -0.3 is 14.6 Å². The van der Waals surface area contributed by atoms with Gasteiger partial charge in [-0.2, -0.15) is 0 Å². The van der Waals surface area contributed by atoms with Crippen LogP contribution in [0.5, 0.6) is 5.75 Å². The van der Waals surface area contributed by atoms with Crippen molar-refractivity contribution in [3.63, 3.8) is 0 Å². The third-order valence-electron chi connectivity index (χ3n) is 5.16. The highest BCUT2D eigenvalue weighted by molar-refractivity contribution is 6.32. The third-order valence-corrected chi connectivity index (χ3v) is 5.46. The molecule has 1 heterocycles. The van der Waals surface area contributed by atoms with E-state index in [4.69, 9.17) is 16.3 Å². The first kappa shape index (κ1) is 24.5. The number of amides is 1. The van der Waals surface area contributed by atoms with E-state index in [0.29, 0.717) is 35.0 Å². The first-order valence-electron chi connectivity index (χ1n) is 10.9. The lowest BCUT2D eigenvalue weighted by Crippen LogP contribution is -2.36. The minimum atomic E-state index is -0.205. The molecular weight excluding hydrogens is 438 g/mol. The van der Waals surface area contributed by atoms with Crippen LogP contribution in [-0.4, -0.2) is 33.4 Å². The number of aromatic nitrogens is 2. The number of hydrogen-bond acceptors (Lipinski definition) is 4. The molecule has 0 spiro atoms. The van der Waals surface area contributed by atoms with Crippen molar-refractivity contribution in [2.24, 2.45) is 7.05 Å². The Labute approximate surface area is 199 Å². The summed E-state index contributed by atoms with van der Waals surface area (Å²) in [5.41, 5.74) is 3.21. The molecule has 173 valence electrons. The van der Waals surface area contributed by atoms with Gasteiger partial charge in [-0.3, -0.25) is 9.59 Å². The normalized spacial score (nSPS) is 12.0. The summed E-state index contributed by atoms with van der Waals surface area (Å²) in [4.78, 5) is 28.8. The Bertz CT molecular complexity index is 1140. The van der Waals surface area contributed by atoms with E-state index in [2.05, 4.69) is 17.2 Å². The van der Waals surface area contributed by atoms with Crippen LogP contribution < -0.4 is 10.1 Å². The number of nitrogens with one attached hydrogen (secondary N) is 1. The van der Waals surface area contributed by atoms with E-state index >= 15 is 0 Å². The predicted molar refractivity (Wildman–Crippen MR) is 131 cm³/mol. The van der Waals surface area contributed by atoms with Crippen LogP contribution in [0.4, 0.5) is 0 Å². The van der Waals surface area contributed by atoms with Gasteiger partial charge in [0, 0.05) is 37.3 Å². The van der Waals surface area contributed by atoms with E-state index in [0.717, 1.165) is 16.8 Å². The van der Waals surface area contributed by atoms with Crippen LogP contribution in [-0.2, 0) is 13.5 Å². The number of ketones is 1. The van der Waals surface area contributed by atoms with Crippen LogP contribution in [0.3, 0.4) is 0 Å². The Hall–Kier alpha value is -3.12. The van der Waals surface area contributed by atoms with Crippen LogP contribution >= 0.6 is 11.6 Å². The molecule has 0 bridgehead atoms. The molecule has 3 aromatic rings. The van der Waals surface area contributed by atoms with Gasteiger partial charge in [-0.1, -0.05) is 42.8 Å². The van der Waals surface area contributed by atoms with Crippen molar-refractivity contribution in [2.45, 2.75) is 45.8 Å². The lowest BCUT2D eigenvalue weighted by molar-refractivity contribution is 0.0936. The summed E-state index contributed by atoms with van der Waals surface area (Å²) in [6.07, 6.45) is 3.02. The number of carbonyl (C=O) groups is 2. The Morgan fingerprint density at radius 1 is 1.18 bits per heavy atom. The highest BCUT2D eigenvalue weighted by atomic mass is 35.5. The maximum atomic E-state index is 12.7. The lowest BCUT2D eigenvalue weighted by atomic mass is 10.0. The van der Waals surface area contributed by atoms with Crippen molar-refractivity contribution < 1.29 is 14.3 Å². The minimum absolute atomic E-state index is 0.00188. The van der Waals surface area contributed by atoms with Gasteiger partial charge in [0.15, 0.2) is 11.6 Å². The molecule has 0 aliphatic rings. The van der Waals surface area contributed by atoms with Gasteiger partial charge in [-0.05, 0) is 50.5 Å². The fourth-order valence-corrected chi connectivity index (χ4v) is 3.74. The van der Waals surface area contributed by atoms with E-state index in [1.807, 2.05) is 44.3 Å². The molecule has 1 amide bonds. The summed E-state index contributed by atoms with van der Waals surface area (Å²) in [7, 11) is 1.81. The molecule has 0 unspecified atom stereocenters. The Balaban J connectivity index is 1.66. The van der Waals surface area contributed by atoms with E-state index in [9.17, 15) is 9.59 Å². The number of imidazole rings is 1. The molecule has 0 aliphatic carbocycles.